The van der Waals surface area contributed by atoms with Crippen molar-refractivity contribution in [2.24, 2.45) is 0 Å². The van der Waals surface area contributed by atoms with Crippen molar-refractivity contribution in [1.29, 1.82) is 0 Å². The third-order valence-electron chi connectivity index (χ3n) is 6.22. The van der Waals surface area contributed by atoms with E-state index < -0.39 is 38.3 Å². The molecule has 0 aliphatic carbocycles. The number of sulfonamides is 2. The van der Waals surface area contributed by atoms with E-state index in [1.165, 1.54) is 24.3 Å². The molecule has 4 aromatic carbocycles. The number of anilines is 3. The number of carbonyl (C=O) groups excluding carboxylic acids is 1. The summed E-state index contributed by atoms with van der Waals surface area (Å²) in [5.74, 6) is -1.25. The first-order valence-electron chi connectivity index (χ1n) is 12.2. The van der Waals surface area contributed by atoms with E-state index in [1.807, 2.05) is 26.8 Å². The van der Waals surface area contributed by atoms with Crippen molar-refractivity contribution in [1.82, 2.24) is 0 Å². The van der Waals surface area contributed by atoms with Crippen molar-refractivity contribution >= 4 is 43.0 Å². The summed E-state index contributed by atoms with van der Waals surface area (Å²) in [6.45, 7) is 5.09. The Bertz CT molecular complexity index is 1740. The van der Waals surface area contributed by atoms with Gasteiger partial charge in [0, 0.05) is 11.4 Å². The first-order valence-corrected chi connectivity index (χ1v) is 15.1. The Morgan fingerprint density at radius 1 is 0.725 bits per heavy atom. The molecule has 0 aromatic heterocycles. The highest BCUT2D eigenvalue weighted by Gasteiger charge is 2.27. The Morgan fingerprint density at radius 2 is 1.30 bits per heavy atom. The Kier molecular flexibility index (Phi) is 8.26. The Hall–Kier alpha value is -4.22. The SMILES string of the molecule is Cc1ccc(N(CC(=O)Nc2ccc(S(=O)(=O)Nc3ccc(C)c(C)c3)cc2)S(=O)(=O)c2ccc(F)cc2)cc1. The predicted molar refractivity (Wildman–Crippen MR) is 154 cm³/mol. The number of aryl methyl sites for hydroxylation is 3. The lowest BCUT2D eigenvalue weighted by Crippen LogP contribution is -2.38. The Labute approximate surface area is 233 Å². The van der Waals surface area contributed by atoms with Gasteiger partial charge in [0.1, 0.15) is 12.4 Å². The van der Waals surface area contributed by atoms with E-state index in [9.17, 15) is 26.0 Å². The van der Waals surface area contributed by atoms with Crippen LogP contribution in [0.2, 0.25) is 0 Å². The first-order chi connectivity index (χ1) is 18.8. The van der Waals surface area contributed by atoms with Crippen molar-refractivity contribution in [3.8, 4) is 0 Å². The average Bonchev–Trinajstić information content (AvgIpc) is 2.90. The van der Waals surface area contributed by atoms with Crippen LogP contribution >= 0.6 is 0 Å². The molecule has 0 aliphatic heterocycles. The summed E-state index contributed by atoms with van der Waals surface area (Å²) in [4.78, 5) is 12.8. The molecule has 0 saturated heterocycles. The van der Waals surface area contributed by atoms with Crippen LogP contribution in [0, 0.1) is 26.6 Å². The third-order valence-corrected chi connectivity index (χ3v) is 9.40. The Balaban J connectivity index is 1.52. The van der Waals surface area contributed by atoms with Gasteiger partial charge in [-0.2, -0.15) is 0 Å². The summed E-state index contributed by atoms with van der Waals surface area (Å²) in [7, 11) is -8.09. The molecular weight excluding hydrogens is 553 g/mol. The molecule has 40 heavy (non-hydrogen) atoms. The molecule has 0 radical (unpaired) electrons. The zero-order valence-corrected chi connectivity index (χ0v) is 23.7. The summed E-state index contributed by atoms with van der Waals surface area (Å²) in [5.41, 5.74) is 3.84. The maximum atomic E-state index is 13.4. The van der Waals surface area contributed by atoms with Gasteiger partial charge >= 0.3 is 0 Å². The monoisotopic (exact) mass is 581 g/mol. The smallest absolute Gasteiger partial charge is 0.264 e. The number of nitrogens with zero attached hydrogens (tertiary/aromatic N) is 1. The van der Waals surface area contributed by atoms with E-state index in [2.05, 4.69) is 10.0 Å². The van der Waals surface area contributed by atoms with E-state index in [0.717, 1.165) is 45.3 Å². The molecule has 11 heteroatoms. The highest BCUT2D eigenvalue weighted by molar-refractivity contribution is 7.93. The van der Waals surface area contributed by atoms with E-state index in [0.29, 0.717) is 5.69 Å². The number of nitrogens with one attached hydrogen (secondary N) is 2. The van der Waals surface area contributed by atoms with Crippen LogP contribution in [0.3, 0.4) is 0 Å². The number of carbonyl (C=O) groups is 1. The molecule has 0 bridgehead atoms. The highest BCUT2D eigenvalue weighted by atomic mass is 32.2. The number of amides is 1. The lowest BCUT2D eigenvalue weighted by atomic mass is 10.1. The van der Waals surface area contributed by atoms with Crippen molar-refractivity contribution < 1.29 is 26.0 Å². The topological polar surface area (TPSA) is 113 Å². The lowest BCUT2D eigenvalue weighted by molar-refractivity contribution is -0.114. The molecule has 2 N–H and O–H groups in total. The normalized spacial score (nSPS) is 11.6. The molecular formula is C29H28FN3O5S2. The van der Waals surface area contributed by atoms with E-state index >= 15 is 0 Å². The maximum Gasteiger partial charge on any atom is 0.264 e. The van der Waals surface area contributed by atoms with Crippen LogP contribution in [0.5, 0.6) is 0 Å². The fourth-order valence-corrected chi connectivity index (χ4v) is 6.30. The molecule has 4 rings (SSSR count). The second-order valence-corrected chi connectivity index (χ2v) is 12.8. The van der Waals surface area contributed by atoms with Crippen LogP contribution in [0.4, 0.5) is 21.5 Å². The number of hydrogen-bond acceptors (Lipinski definition) is 5. The molecule has 1 amide bonds. The van der Waals surface area contributed by atoms with Gasteiger partial charge in [0.25, 0.3) is 20.0 Å². The zero-order valence-electron chi connectivity index (χ0n) is 22.1. The van der Waals surface area contributed by atoms with Gasteiger partial charge in [-0.3, -0.25) is 13.8 Å². The molecule has 0 atom stereocenters. The van der Waals surface area contributed by atoms with E-state index in [-0.39, 0.29) is 21.2 Å². The average molecular weight is 582 g/mol. The number of halogens is 1. The summed E-state index contributed by atoms with van der Waals surface area (Å²) < 4.78 is 69.4. The van der Waals surface area contributed by atoms with Crippen LogP contribution < -0.4 is 14.3 Å². The maximum absolute atomic E-state index is 13.4. The molecule has 0 unspecified atom stereocenters. The molecule has 0 saturated carbocycles. The predicted octanol–water partition coefficient (Wildman–Crippen LogP) is 5.39. The van der Waals surface area contributed by atoms with Gasteiger partial charge in [0.2, 0.25) is 5.91 Å². The zero-order chi connectivity index (χ0) is 29.1. The van der Waals surface area contributed by atoms with Crippen LogP contribution in [0.25, 0.3) is 0 Å². The number of rotatable bonds is 9. The van der Waals surface area contributed by atoms with Crippen LogP contribution in [0.1, 0.15) is 16.7 Å². The molecule has 0 spiro atoms. The second-order valence-electron chi connectivity index (χ2n) is 9.28. The van der Waals surface area contributed by atoms with Gasteiger partial charge in [-0.1, -0.05) is 23.8 Å². The van der Waals surface area contributed by atoms with Crippen molar-refractivity contribution in [2.45, 2.75) is 30.6 Å². The first kappa shape index (κ1) is 28.8. The molecule has 0 fully saturated rings. The van der Waals surface area contributed by atoms with E-state index in [1.54, 1.807) is 36.4 Å². The minimum absolute atomic E-state index is 0.0103. The third kappa shape index (κ3) is 6.67. The van der Waals surface area contributed by atoms with Crippen LogP contribution in [-0.2, 0) is 24.8 Å². The fourth-order valence-electron chi connectivity index (χ4n) is 3.83. The quantitative estimate of drug-likeness (QED) is 0.275. The second kappa shape index (κ2) is 11.5. The fraction of sp³-hybridized carbons (Fsp3) is 0.138. The lowest BCUT2D eigenvalue weighted by Gasteiger charge is -2.24. The van der Waals surface area contributed by atoms with Crippen molar-refractivity contribution in [3.05, 3.63) is 114 Å². The van der Waals surface area contributed by atoms with Crippen LogP contribution in [-0.4, -0.2) is 29.3 Å². The van der Waals surface area contributed by atoms with Gasteiger partial charge in [-0.25, -0.2) is 21.2 Å². The molecule has 0 heterocycles. The number of hydrogen-bond donors (Lipinski definition) is 2. The minimum atomic E-state index is -4.21. The van der Waals surface area contributed by atoms with Gasteiger partial charge < -0.3 is 5.32 Å². The van der Waals surface area contributed by atoms with Crippen molar-refractivity contribution in [3.63, 3.8) is 0 Å². The van der Waals surface area contributed by atoms with E-state index in [4.69, 9.17) is 0 Å². The largest absolute Gasteiger partial charge is 0.325 e. The standard InChI is InChI=1S/C29H28FN3O5S2/c1-20-4-12-26(13-5-20)33(40(37,38)28-14-7-23(30)8-15-28)19-29(34)31-24-10-16-27(17-11-24)39(35,36)32-25-9-6-21(2)22(3)18-25/h4-18,32H,19H2,1-3H3,(H,31,34). The molecule has 8 nitrogen and oxygen atoms in total. The molecule has 208 valence electrons. The van der Waals surface area contributed by atoms with Gasteiger partial charge in [0.05, 0.1) is 15.5 Å². The summed E-state index contributed by atoms with van der Waals surface area (Å²) >= 11 is 0. The Morgan fingerprint density at radius 3 is 1.90 bits per heavy atom. The van der Waals surface area contributed by atoms with Crippen LogP contribution in [0.15, 0.2) is 101 Å². The van der Waals surface area contributed by atoms with Crippen molar-refractivity contribution in [2.75, 3.05) is 20.9 Å². The van der Waals surface area contributed by atoms with Gasteiger partial charge in [-0.05, 0) is 105 Å². The highest BCUT2D eigenvalue weighted by Crippen LogP contribution is 2.25. The molecule has 4 aromatic rings. The summed E-state index contributed by atoms with van der Waals surface area (Å²) in [6, 6.07) is 21.7. The number of benzene rings is 4. The molecule has 0 aliphatic rings. The summed E-state index contributed by atoms with van der Waals surface area (Å²) in [5, 5.41) is 2.61. The van der Waals surface area contributed by atoms with Gasteiger partial charge in [-0.15, -0.1) is 0 Å². The summed E-state index contributed by atoms with van der Waals surface area (Å²) in [6.07, 6.45) is 0. The minimum Gasteiger partial charge on any atom is -0.325 e. The van der Waals surface area contributed by atoms with Gasteiger partial charge in [0.15, 0.2) is 0 Å².